The van der Waals surface area contributed by atoms with Gasteiger partial charge in [-0.15, -0.1) is 0 Å². The van der Waals surface area contributed by atoms with Crippen molar-refractivity contribution in [3.8, 4) is 0 Å². The minimum atomic E-state index is -4.44. The molecule has 1 fully saturated rings. The minimum absolute atomic E-state index is 0.112. The summed E-state index contributed by atoms with van der Waals surface area (Å²) in [6.07, 6.45) is -3.15. The summed E-state index contributed by atoms with van der Waals surface area (Å²) in [5.74, 6) is 0.378. The van der Waals surface area contributed by atoms with Crippen molar-refractivity contribution in [3.05, 3.63) is 52.7 Å². The first-order valence-corrected chi connectivity index (χ1v) is 10.00. The van der Waals surface area contributed by atoms with Gasteiger partial charge in [0, 0.05) is 30.4 Å². The number of pyridine rings is 1. The number of benzene rings is 1. The molecule has 0 saturated carbocycles. The Bertz CT molecular complexity index is 933. The van der Waals surface area contributed by atoms with E-state index in [4.69, 9.17) is 11.6 Å². The van der Waals surface area contributed by atoms with Gasteiger partial charge in [-0.3, -0.25) is 0 Å². The summed E-state index contributed by atoms with van der Waals surface area (Å²) in [5, 5.41) is 0.361. The van der Waals surface area contributed by atoms with Crippen molar-refractivity contribution in [2.24, 2.45) is 0 Å². The molecule has 3 rings (SSSR count). The number of sulfonamides is 1. The molecule has 1 aromatic heterocycles. The molecule has 0 bridgehead atoms. The van der Waals surface area contributed by atoms with Gasteiger partial charge in [0.1, 0.15) is 5.82 Å². The highest BCUT2D eigenvalue weighted by molar-refractivity contribution is 7.89. The topological polar surface area (TPSA) is 62.3 Å². The van der Waals surface area contributed by atoms with E-state index in [0.717, 1.165) is 12.3 Å². The number of nitrogens with one attached hydrogen (secondary N) is 1. The van der Waals surface area contributed by atoms with Crippen LogP contribution < -0.4 is 9.62 Å². The Morgan fingerprint density at radius 3 is 2.63 bits per heavy atom. The third-order valence-corrected chi connectivity index (χ3v) is 6.49. The molecule has 0 amide bonds. The van der Waals surface area contributed by atoms with Gasteiger partial charge in [-0.1, -0.05) is 17.7 Å². The fourth-order valence-electron chi connectivity index (χ4n) is 2.97. The zero-order valence-corrected chi connectivity index (χ0v) is 15.9. The van der Waals surface area contributed by atoms with E-state index >= 15 is 0 Å². The number of hydrogen-bond donors (Lipinski definition) is 1. The standard InChI is InChI=1S/C17H17ClF3N3O2S/c1-11-14(18)3-2-4-15(11)27(25,26)23-13-7-8-24(10-13)16-6-5-12(9-22-16)17(19,20)21/h2-6,9,13,23H,7-8,10H2,1H3/t13-/m0/s1. The van der Waals surface area contributed by atoms with Gasteiger partial charge in [0.25, 0.3) is 0 Å². The molecule has 0 aliphatic carbocycles. The van der Waals surface area contributed by atoms with Crippen LogP contribution >= 0.6 is 11.6 Å². The Hall–Kier alpha value is -1.84. The van der Waals surface area contributed by atoms with Gasteiger partial charge in [-0.25, -0.2) is 18.1 Å². The molecule has 1 aliphatic heterocycles. The van der Waals surface area contributed by atoms with Crippen LogP contribution in [0.5, 0.6) is 0 Å². The normalized spacial score (nSPS) is 18.1. The molecule has 2 aromatic rings. The van der Waals surface area contributed by atoms with E-state index in [1.165, 1.54) is 12.1 Å². The molecule has 10 heteroatoms. The van der Waals surface area contributed by atoms with Crippen molar-refractivity contribution in [2.75, 3.05) is 18.0 Å². The lowest BCUT2D eigenvalue weighted by atomic mass is 10.2. The molecule has 1 N–H and O–H groups in total. The van der Waals surface area contributed by atoms with Gasteiger partial charge in [0.2, 0.25) is 10.0 Å². The summed E-state index contributed by atoms with van der Waals surface area (Å²) < 4.78 is 65.8. The molecule has 1 atom stereocenters. The summed E-state index contributed by atoms with van der Waals surface area (Å²) in [6.45, 7) is 2.43. The Kier molecular flexibility index (Phi) is 5.38. The third kappa shape index (κ3) is 4.36. The lowest BCUT2D eigenvalue weighted by Crippen LogP contribution is -2.37. The van der Waals surface area contributed by atoms with Crippen LogP contribution in [0.2, 0.25) is 5.02 Å². The van der Waals surface area contributed by atoms with E-state index in [9.17, 15) is 21.6 Å². The van der Waals surface area contributed by atoms with Crippen molar-refractivity contribution in [3.63, 3.8) is 0 Å². The van der Waals surface area contributed by atoms with Crippen LogP contribution in [0.1, 0.15) is 17.5 Å². The maximum Gasteiger partial charge on any atom is 0.417 e. The Morgan fingerprint density at radius 1 is 1.26 bits per heavy atom. The molecular weight excluding hydrogens is 403 g/mol. The first kappa shape index (κ1) is 19.9. The zero-order chi connectivity index (χ0) is 19.8. The summed E-state index contributed by atoms with van der Waals surface area (Å²) in [5.41, 5.74) is -0.356. The maximum absolute atomic E-state index is 12.6. The van der Waals surface area contributed by atoms with Crippen LogP contribution in [-0.2, 0) is 16.2 Å². The average molecular weight is 420 g/mol. The number of anilines is 1. The van der Waals surface area contributed by atoms with Gasteiger partial charge in [-0.2, -0.15) is 13.2 Å². The zero-order valence-electron chi connectivity index (χ0n) is 14.3. The van der Waals surface area contributed by atoms with E-state index in [1.807, 2.05) is 0 Å². The van der Waals surface area contributed by atoms with Crippen LogP contribution in [0.3, 0.4) is 0 Å². The maximum atomic E-state index is 12.6. The molecule has 5 nitrogen and oxygen atoms in total. The molecular formula is C17H17ClF3N3O2S. The summed E-state index contributed by atoms with van der Waals surface area (Å²) in [7, 11) is -3.76. The first-order valence-electron chi connectivity index (χ1n) is 8.13. The Labute approximate surface area is 160 Å². The van der Waals surface area contributed by atoms with Gasteiger partial charge in [0.15, 0.2) is 0 Å². The molecule has 27 heavy (non-hydrogen) atoms. The second-order valence-electron chi connectivity index (χ2n) is 6.32. The molecule has 0 spiro atoms. The predicted molar refractivity (Wildman–Crippen MR) is 96.4 cm³/mol. The van der Waals surface area contributed by atoms with Gasteiger partial charge >= 0.3 is 6.18 Å². The fourth-order valence-corrected chi connectivity index (χ4v) is 4.73. The second-order valence-corrected chi connectivity index (χ2v) is 8.41. The van der Waals surface area contributed by atoms with Crippen molar-refractivity contribution in [1.82, 2.24) is 9.71 Å². The average Bonchev–Trinajstić information content (AvgIpc) is 3.04. The smallest absolute Gasteiger partial charge is 0.355 e. The van der Waals surface area contributed by atoms with Gasteiger partial charge in [0.05, 0.1) is 10.5 Å². The molecule has 0 radical (unpaired) electrons. The van der Waals surface area contributed by atoms with E-state index in [-0.39, 0.29) is 10.9 Å². The van der Waals surface area contributed by atoms with Gasteiger partial charge < -0.3 is 4.90 Å². The number of halogens is 4. The van der Waals surface area contributed by atoms with Crippen molar-refractivity contribution < 1.29 is 21.6 Å². The summed E-state index contributed by atoms with van der Waals surface area (Å²) in [4.78, 5) is 5.71. The quantitative estimate of drug-likeness (QED) is 0.822. The van der Waals surface area contributed by atoms with E-state index in [1.54, 1.807) is 24.0 Å². The molecule has 2 heterocycles. The van der Waals surface area contributed by atoms with Crippen molar-refractivity contribution in [1.29, 1.82) is 0 Å². The Balaban J connectivity index is 1.70. The van der Waals surface area contributed by atoms with Crippen LogP contribution in [0.25, 0.3) is 0 Å². The van der Waals surface area contributed by atoms with E-state index in [0.29, 0.717) is 35.9 Å². The summed E-state index contributed by atoms with van der Waals surface area (Å²) >= 11 is 6.00. The van der Waals surface area contributed by atoms with Crippen molar-refractivity contribution >= 4 is 27.4 Å². The molecule has 1 aliphatic rings. The first-order chi connectivity index (χ1) is 12.6. The second kappa shape index (κ2) is 7.29. The third-order valence-electron chi connectivity index (χ3n) is 4.42. The van der Waals surface area contributed by atoms with E-state index in [2.05, 4.69) is 9.71 Å². The lowest BCUT2D eigenvalue weighted by molar-refractivity contribution is -0.137. The number of hydrogen-bond acceptors (Lipinski definition) is 4. The highest BCUT2D eigenvalue weighted by Gasteiger charge is 2.32. The predicted octanol–water partition coefficient (Wildman–Crippen LogP) is 3.62. The summed E-state index contributed by atoms with van der Waals surface area (Å²) in [6, 6.07) is 6.54. The minimum Gasteiger partial charge on any atom is -0.355 e. The number of nitrogens with zero attached hydrogens (tertiary/aromatic N) is 2. The SMILES string of the molecule is Cc1c(Cl)cccc1S(=O)(=O)N[C@H]1CCN(c2ccc(C(F)(F)F)cn2)C1. The number of alkyl halides is 3. The number of rotatable bonds is 4. The fraction of sp³-hybridized carbons (Fsp3) is 0.353. The van der Waals surface area contributed by atoms with Crippen LogP contribution in [-0.4, -0.2) is 32.5 Å². The monoisotopic (exact) mass is 419 g/mol. The van der Waals surface area contributed by atoms with Crippen LogP contribution in [0.4, 0.5) is 19.0 Å². The molecule has 146 valence electrons. The highest BCUT2D eigenvalue weighted by Crippen LogP contribution is 2.30. The van der Waals surface area contributed by atoms with E-state index < -0.39 is 21.8 Å². The molecule has 1 aromatic carbocycles. The van der Waals surface area contributed by atoms with Crippen LogP contribution in [0.15, 0.2) is 41.4 Å². The van der Waals surface area contributed by atoms with Gasteiger partial charge in [-0.05, 0) is 43.2 Å². The molecule has 1 saturated heterocycles. The largest absolute Gasteiger partial charge is 0.417 e. The highest BCUT2D eigenvalue weighted by atomic mass is 35.5. The number of aromatic nitrogens is 1. The lowest BCUT2D eigenvalue weighted by Gasteiger charge is -2.19. The van der Waals surface area contributed by atoms with Crippen molar-refractivity contribution in [2.45, 2.75) is 30.5 Å². The molecule has 0 unspecified atom stereocenters. The van der Waals surface area contributed by atoms with Crippen LogP contribution in [0, 0.1) is 6.92 Å². The Morgan fingerprint density at radius 2 is 2.00 bits per heavy atom.